The number of halogens is 1. The molecule has 0 aliphatic rings. The molecule has 132 valence electrons. The highest BCUT2D eigenvalue weighted by Crippen LogP contribution is 2.28. The molecular weight excluding hydrogens is 408 g/mol. The lowest BCUT2D eigenvalue weighted by molar-refractivity contribution is -0.136. The van der Waals surface area contributed by atoms with Crippen molar-refractivity contribution in [2.24, 2.45) is 0 Å². The zero-order valence-corrected chi connectivity index (χ0v) is 16.2. The van der Waals surface area contributed by atoms with Crippen molar-refractivity contribution in [3.05, 3.63) is 50.6 Å². The molecule has 2 rings (SSSR count). The number of methoxy groups -OCH3 is 1. The molecule has 0 aliphatic carbocycles. The van der Waals surface area contributed by atoms with Gasteiger partial charge in [-0.05, 0) is 58.8 Å². The Kier molecular flexibility index (Phi) is 7.21. The lowest BCUT2D eigenvalue weighted by Gasteiger charge is -2.09. The van der Waals surface area contributed by atoms with Crippen molar-refractivity contribution in [2.75, 3.05) is 20.3 Å². The topological polar surface area (TPSA) is 61.8 Å². The van der Waals surface area contributed by atoms with Crippen LogP contribution in [0.1, 0.15) is 22.2 Å². The van der Waals surface area contributed by atoms with Crippen LogP contribution < -0.4 is 9.47 Å². The molecule has 0 aliphatic heterocycles. The second-order valence-corrected chi connectivity index (χ2v) is 7.27. The average molecular weight is 425 g/mol. The van der Waals surface area contributed by atoms with E-state index < -0.39 is 5.97 Å². The summed E-state index contributed by atoms with van der Waals surface area (Å²) in [5.41, 5.74) is 0.755. The maximum atomic E-state index is 11.9. The highest BCUT2D eigenvalue weighted by atomic mass is 79.9. The van der Waals surface area contributed by atoms with Crippen molar-refractivity contribution >= 4 is 45.1 Å². The molecule has 25 heavy (non-hydrogen) atoms. The smallest absolute Gasteiger partial charge is 0.331 e. The fraction of sp³-hybridized carbons (Fsp3) is 0.222. The van der Waals surface area contributed by atoms with Crippen molar-refractivity contribution in [1.29, 1.82) is 0 Å². The van der Waals surface area contributed by atoms with Crippen LogP contribution in [0.2, 0.25) is 0 Å². The van der Waals surface area contributed by atoms with Gasteiger partial charge in [0.15, 0.2) is 18.1 Å². The molecule has 0 saturated heterocycles. The summed E-state index contributed by atoms with van der Waals surface area (Å²) < 4.78 is 16.5. The normalized spacial score (nSPS) is 10.7. The number of benzene rings is 1. The van der Waals surface area contributed by atoms with Crippen LogP contribution >= 0.6 is 27.3 Å². The summed E-state index contributed by atoms with van der Waals surface area (Å²) in [6.45, 7) is 2.13. The van der Waals surface area contributed by atoms with Gasteiger partial charge in [-0.25, -0.2) is 4.79 Å². The van der Waals surface area contributed by atoms with E-state index in [2.05, 4.69) is 15.9 Å². The summed E-state index contributed by atoms with van der Waals surface area (Å²) in [5, 5.41) is 0. The van der Waals surface area contributed by atoms with Gasteiger partial charge < -0.3 is 14.2 Å². The second kappa shape index (κ2) is 9.39. The fourth-order valence-electron chi connectivity index (χ4n) is 1.95. The van der Waals surface area contributed by atoms with E-state index in [1.165, 1.54) is 17.4 Å². The summed E-state index contributed by atoms with van der Waals surface area (Å²) in [7, 11) is 1.55. The van der Waals surface area contributed by atoms with Gasteiger partial charge in [0.2, 0.25) is 5.78 Å². The van der Waals surface area contributed by atoms with Crippen LogP contribution in [0.4, 0.5) is 0 Å². The summed E-state index contributed by atoms with van der Waals surface area (Å²) >= 11 is 4.59. The van der Waals surface area contributed by atoms with E-state index in [9.17, 15) is 9.59 Å². The molecule has 1 heterocycles. The summed E-state index contributed by atoms with van der Waals surface area (Å²) in [6.07, 6.45) is 2.86. The first-order valence-electron chi connectivity index (χ1n) is 7.47. The summed E-state index contributed by atoms with van der Waals surface area (Å²) in [4.78, 5) is 24.2. The number of ether oxygens (including phenoxy) is 3. The Bertz CT molecular complexity index is 782. The molecule has 1 aromatic carbocycles. The number of ketones is 1. The molecule has 0 unspecified atom stereocenters. The van der Waals surface area contributed by atoms with Crippen LogP contribution in [0.25, 0.3) is 6.08 Å². The van der Waals surface area contributed by atoms with Crippen LogP contribution in [0.3, 0.4) is 0 Å². The summed E-state index contributed by atoms with van der Waals surface area (Å²) in [6, 6.07) is 8.78. The molecular formula is C18H17BrO5S. The van der Waals surface area contributed by atoms with Gasteiger partial charge in [-0.2, -0.15) is 0 Å². The van der Waals surface area contributed by atoms with E-state index in [0.29, 0.717) is 23.0 Å². The number of carbonyl (C=O) groups excluding carboxylic acids is 2. The van der Waals surface area contributed by atoms with E-state index in [1.807, 2.05) is 6.92 Å². The minimum absolute atomic E-state index is 0.236. The monoisotopic (exact) mass is 424 g/mol. The van der Waals surface area contributed by atoms with Gasteiger partial charge >= 0.3 is 5.97 Å². The molecule has 7 heteroatoms. The second-order valence-electron chi connectivity index (χ2n) is 4.81. The average Bonchev–Trinajstić information content (AvgIpc) is 3.05. The number of thiophene rings is 1. The van der Waals surface area contributed by atoms with Gasteiger partial charge in [-0.1, -0.05) is 6.07 Å². The molecule has 0 amide bonds. The molecule has 0 radical (unpaired) electrons. The Morgan fingerprint density at radius 1 is 1.20 bits per heavy atom. The molecule has 0 saturated carbocycles. The van der Waals surface area contributed by atoms with Gasteiger partial charge in [-0.3, -0.25) is 4.79 Å². The first kappa shape index (κ1) is 19.2. The first-order chi connectivity index (χ1) is 12.0. The predicted octanol–water partition coefficient (Wildman–Crippen LogP) is 4.36. The van der Waals surface area contributed by atoms with Crippen LogP contribution in [0, 0.1) is 0 Å². The van der Waals surface area contributed by atoms with E-state index in [4.69, 9.17) is 14.2 Å². The Morgan fingerprint density at radius 2 is 2.00 bits per heavy atom. The Morgan fingerprint density at radius 3 is 2.64 bits per heavy atom. The van der Waals surface area contributed by atoms with Crippen LogP contribution in [0.15, 0.2) is 40.2 Å². The number of carbonyl (C=O) groups is 2. The molecule has 2 aromatic rings. The minimum atomic E-state index is -0.586. The van der Waals surface area contributed by atoms with Crippen molar-refractivity contribution in [2.45, 2.75) is 6.92 Å². The van der Waals surface area contributed by atoms with Crippen molar-refractivity contribution in [3.63, 3.8) is 0 Å². The number of esters is 1. The van der Waals surface area contributed by atoms with Gasteiger partial charge in [0.05, 0.1) is 22.4 Å². The number of hydrogen-bond acceptors (Lipinski definition) is 6. The zero-order valence-electron chi connectivity index (χ0n) is 13.8. The molecule has 0 spiro atoms. The minimum Gasteiger partial charge on any atom is -0.493 e. The largest absolute Gasteiger partial charge is 0.493 e. The van der Waals surface area contributed by atoms with Crippen LogP contribution in [0.5, 0.6) is 11.5 Å². The Hall–Kier alpha value is -2.12. The fourth-order valence-corrected chi connectivity index (χ4v) is 3.26. The third-order valence-electron chi connectivity index (χ3n) is 3.09. The van der Waals surface area contributed by atoms with E-state index in [-0.39, 0.29) is 12.4 Å². The number of hydrogen-bond donors (Lipinski definition) is 0. The summed E-state index contributed by atoms with van der Waals surface area (Å²) in [5.74, 6) is 0.394. The number of rotatable bonds is 8. The predicted molar refractivity (Wildman–Crippen MR) is 101 cm³/mol. The van der Waals surface area contributed by atoms with Gasteiger partial charge in [0.25, 0.3) is 0 Å². The van der Waals surface area contributed by atoms with Crippen molar-refractivity contribution < 1.29 is 23.8 Å². The van der Waals surface area contributed by atoms with E-state index in [1.54, 1.807) is 43.5 Å². The van der Waals surface area contributed by atoms with E-state index >= 15 is 0 Å². The molecule has 1 aromatic heterocycles. The highest BCUT2D eigenvalue weighted by Gasteiger charge is 2.11. The lowest BCUT2D eigenvalue weighted by Crippen LogP contribution is -2.11. The lowest BCUT2D eigenvalue weighted by atomic mass is 10.2. The Balaban J connectivity index is 1.92. The molecule has 5 nitrogen and oxygen atoms in total. The van der Waals surface area contributed by atoms with Crippen molar-refractivity contribution in [3.8, 4) is 11.5 Å². The molecule has 0 fully saturated rings. The van der Waals surface area contributed by atoms with Crippen molar-refractivity contribution in [1.82, 2.24) is 0 Å². The molecule has 0 bridgehead atoms. The van der Waals surface area contributed by atoms with Gasteiger partial charge in [0.1, 0.15) is 0 Å². The maximum Gasteiger partial charge on any atom is 0.331 e. The first-order valence-corrected chi connectivity index (χ1v) is 9.08. The Labute approximate surface area is 158 Å². The standard InChI is InChI=1S/C18H17BrO5S/c1-3-23-14-6-4-12(10-15(14)22-2)5-9-18(21)24-11-13(20)16-7-8-17(19)25-16/h4-10H,3,11H2,1-2H3/b9-5+. The quantitative estimate of drug-likeness (QED) is 0.357. The van der Waals surface area contributed by atoms with Gasteiger partial charge in [-0.15, -0.1) is 11.3 Å². The third-order valence-corrected chi connectivity index (χ3v) is 4.76. The SMILES string of the molecule is CCOc1ccc(/C=C/C(=O)OCC(=O)c2ccc(Br)s2)cc1OC. The third kappa shape index (κ3) is 5.72. The number of Topliss-reactive ketones (excluding diaryl/α,β-unsaturated/α-hetero) is 1. The highest BCUT2D eigenvalue weighted by molar-refractivity contribution is 9.11. The molecule has 0 N–H and O–H groups in total. The molecule has 0 atom stereocenters. The zero-order chi connectivity index (χ0) is 18.2. The maximum absolute atomic E-state index is 11.9. The van der Waals surface area contributed by atoms with Gasteiger partial charge in [0, 0.05) is 6.08 Å². The van der Waals surface area contributed by atoms with Crippen LogP contribution in [-0.4, -0.2) is 32.1 Å². The van der Waals surface area contributed by atoms with Crippen LogP contribution in [-0.2, 0) is 9.53 Å². The van der Waals surface area contributed by atoms with E-state index in [0.717, 1.165) is 9.35 Å².